The smallest absolute Gasteiger partial charge is 0.0517 e. The molecule has 0 aromatic rings. The molecule has 13 heavy (non-hydrogen) atoms. The topological polar surface area (TPSA) is 12.0 Å². The van der Waals surface area contributed by atoms with Crippen molar-refractivity contribution < 1.29 is 0 Å². The fourth-order valence-electron chi connectivity index (χ4n) is 1.45. The Kier molecular flexibility index (Phi) is 12.9. The Bertz CT molecular complexity index is 76.2. The highest BCUT2D eigenvalue weighted by Gasteiger charge is 1.90. The van der Waals surface area contributed by atoms with Crippen LogP contribution >= 0.6 is 15.9 Å². The van der Waals surface area contributed by atoms with E-state index in [1.165, 1.54) is 57.9 Å². The lowest BCUT2D eigenvalue weighted by Crippen LogP contribution is -2.11. The lowest BCUT2D eigenvalue weighted by atomic mass is 10.1. The number of unbranched alkanes of at least 4 members (excludes halogenated alkanes) is 7. The van der Waals surface area contributed by atoms with Crippen molar-refractivity contribution in [2.24, 2.45) is 0 Å². The molecular formula is C11H24BrN. The van der Waals surface area contributed by atoms with Crippen LogP contribution in [-0.4, -0.2) is 12.0 Å². The zero-order chi connectivity index (χ0) is 9.78. The van der Waals surface area contributed by atoms with Crippen LogP contribution in [0.25, 0.3) is 0 Å². The number of halogens is 1. The van der Waals surface area contributed by atoms with Crippen molar-refractivity contribution in [2.75, 3.05) is 12.0 Å². The van der Waals surface area contributed by atoms with Gasteiger partial charge in [0.15, 0.2) is 0 Å². The molecule has 1 N–H and O–H groups in total. The average Bonchev–Trinajstić information content (AvgIpc) is 2.16. The Morgan fingerprint density at radius 3 is 1.92 bits per heavy atom. The maximum Gasteiger partial charge on any atom is 0.0517 e. The summed E-state index contributed by atoms with van der Waals surface area (Å²) in [7, 11) is 0. The van der Waals surface area contributed by atoms with E-state index in [9.17, 15) is 0 Å². The van der Waals surface area contributed by atoms with Gasteiger partial charge in [0.25, 0.3) is 0 Å². The van der Waals surface area contributed by atoms with Crippen LogP contribution in [0.5, 0.6) is 0 Å². The summed E-state index contributed by atoms with van der Waals surface area (Å²) in [6, 6.07) is 0. The normalized spacial score (nSPS) is 10.6. The summed E-state index contributed by atoms with van der Waals surface area (Å²) in [5.41, 5.74) is 0.934. The maximum absolute atomic E-state index is 3.35. The maximum atomic E-state index is 3.35. The molecule has 0 radical (unpaired) electrons. The SMILES string of the molecule is CCCCCCCCCCNCBr. The van der Waals surface area contributed by atoms with Crippen LogP contribution in [0.2, 0.25) is 0 Å². The Balaban J connectivity index is 2.76. The van der Waals surface area contributed by atoms with Crippen LogP contribution in [0.3, 0.4) is 0 Å². The van der Waals surface area contributed by atoms with Crippen LogP contribution in [-0.2, 0) is 0 Å². The van der Waals surface area contributed by atoms with Gasteiger partial charge in [0.05, 0.1) is 5.45 Å². The van der Waals surface area contributed by atoms with Gasteiger partial charge in [-0.2, -0.15) is 0 Å². The van der Waals surface area contributed by atoms with E-state index in [1.54, 1.807) is 0 Å². The molecule has 0 saturated heterocycles. The molecule has 0 aliphatic carbocycles. The quantitative estimate of drug-likeness (QED) is 0.350. The highest BCUT2D eigenvalue weighted by atomic mass is 79.9. The molecular weight excluding hydrogens is 226 g/mol. The summed E-state index contributed by atoms with van der Waals surface area (Å²) in [6.07, 6.45) is 11.3. The molecule has 0 bridgehead atoms. The van der Waals surface area contributed by atoms with E-state index in [-0.39, 0.29) is 0 Å². The predicted molar refractivity (Wildman–Crippen MR) is 64.4 cm³/mol. The lowest BCUT2D eigenvalue weighted by Gasteiger charge is -2.01. The van der Waals surface area contributed by atoms with Crippen LogP contribution in [0.15, 0.2) is 0 Å². The number of alkyl halides is 1. The van der Waals surface area contributed by atoms with Gasteiger partial charge in [-0.1, -0.05) is 67.8 Å². The van der Waals surface area contributed by atoms with Crippen LogP contribution in [0.4, 0.5) is 0 Å². The van der Waals surface area contributed by atoms with Gasteiger partial charge in [0.1, 0.15) is 0 Å². The molecule has 0 unspecified atom stereocenters. The second-order valence-electron chi connectivity index (χ2n) is 3.61. The third-order valence-electron chi connectivity index (χ3n) is 2.30. The van der Waals surface area contributed by atoms with Gasteiger partial charge in [-0.3, -0.25) is 0 Å². The molecule has 0 fully saturated rings. The van der Waals surface area contributed by atoms with Crippen molar-refractivity contribution in [2.45, 2.75) is 58.3 Å². The molecule has 80 valence electrons. The molecule has 0 rings (SSSR count). The first kappa shape index (κ1) is 13.4. The Labute approximate surface area is 91.8 Å². The van der Waals surface area contributed by atoms with Crippen molar-refractivity contribution in [3.63, 3.8) is 0 Å². The standard InChI is InChI=1S/C11H24BrN/c1-2-3-4-5-6-7-8-9-10-13-11-12/h13H,2-11H2,1H3. The molecule has 0 spiro atoms. The fourth-order valence-corrected chi connectivity index (χ4v) is 1.73. The minimum atomic E-state index is 0.934. The third-order valence-corrected chi connectivity index (χ3v) is 2.70. The summed E-state index contributed by atoms with van der Waals surface area (Å²) in [6.45, 7) is 3.44. The molecule has 0 amide bonds. The average molecular weight is 250 g/mol. The van der Waals surface area contributed by atoms with E-state index >= 15 is 0 Å². The lowest BCUT2D eigenvalue weighted by molar-refractivity contribution is 0.566. The van der Waals surface area contributed by atoms with Crippen molar-refractivity contribution in [3.8, 4) is 0 Å². The molecule has 1 nitrogen and oxygen atoms in total. The van der Waals surface area contributed by atoms with Crippen molar-refractivity contribution >= 4 is 15.9 Å². The molecule has 0 aliphatic rings. The zero-order valence-corrected chi connectivity index (χ0v) is 10.5. The third kappa shape index (κ3) is 12.4. The van der Waals surface area contributed by atoms with Crippen LogP contribution in [0, 0.1) is 0 Å². The number of hydrogen-bond acceptors (Lipinski definition) is 1. The minimum absolute atomic E-state index is 0.934. The van der Waals surface area contributed by atoms with E-state index in [1.807, 2.05) is 0 Å². The van der Waals surface area contributed by atoms with Gasteiger partial charge in [-0.25, -0.2) is 0 Å². The number of rotatable bonds is 10. The fraction of sp³-hybridized carbons (Fsp3) is 1.00. The first-order chi connectivity index (χ1) is 6.41. The largest absolute Gasteiger partial charge is 0.307 e. The first-order valence-corrected chi connectivity index (χ1v) is 6.80. The minimum Gasteiger partial charge on any atom is -0.307 e. The Hall–Kier alpha value is 0.440. The van der Waals surface area contributed by atoms with Gasteiger partial charge in [-0.05, 0) is 13.0 Å². The number of nitrogens with one attached hydrogen (secondary N) is 1. The summed E-state index contributed by atoms with van der Waals surface area (Å²) in [5.74, 6) is 0. The highest BCUT2D eigenvalue weighted by Crippen LogP contribution is 2.07. The zero-order valence-electron chi connectivity index (χ0n) is 8.95. The molecule has 0 aromatic carbocycles. The summed E-state index contributed by atoms with van der Waals surface area (Å²) < 4.78 is 0. The predicted octanol–water partition coefficient (Wildman–Crippen LogP) is 4.07. The monoisotopic (exact) mass is 249 g/mol. The van der Waals surface area contributed by atoms with Crippen molar-refractivity contribution in [3.05, 3.63) is 0 Å². The van der Waals surface area contributed by atoms with E-state index in [2.05, 4.69) is 28.2 Å². The van der Waals surface area contributed by atoms with Crippen molar-refractivity contribution in [1.29, 1.82) is 0 Å². The molecule has 0 saturated carbocycles. The molecule has 2 heteroatoms. The summed E-state index contributed by atoms with van der Waals surface area (Å²) in [5, 5.41) is 3.28. The van der Waals surface area contributed by atoms with E-state index in [0.29, 0.717) is 0 Å². The highest BCUT2D eigenvalue weighted by molar-refractivity contribution is 9.09. The Morgan fingerprint density at radius 2 is 1.38 bits per heavy atom. The second kappa shape index (κ2) is 12.4. The van der Waals surface area contributed by atoms with Gasteiger partial charge in [0.2, 0.25) is 0 Å². The summed E-state index contributed by atoms with van der Waals surface area (Å²) >= 11 is 3.35. The van der Waals surface area contributed by atoms with E-state index < -0.39 is 0 Å². The van der Waals surface area contributed by atoms with Crippen LogP contribution in [0.1, 0.15) is 58.3 Å². The van der Waals surface area contributed by atoms with Gasteiger partial charge < -0.3 is 5.32 Å². The second-order valence-corrected chi connectivity index (χ2v) is 4.17. The van der Waals surface area contributed by atoms with Gasteiger partial charge in [0, 0.05) is 0 Å². The molecule has 0 aromatic heterocycles. The van der Waals surface area contributed by atoms with Crippen molar-refractivity contribution in [1.82, 2.24) is 5.32 Å². The summed E-state index contributed by atoms with van der Waals surface area (Å²) in [4.78, 5) is 0. The van der Waals surface area contributed by atoms with Crippen LogP contribution < -0.4 is 5.32 Å². The molecule has 0 heterocycles. The first-order valence-electron chi connectivity index (χ1n) is 5.68. The van der Waals surface area contributed by atoms with E-state index in [0.717, 1.165) is 5.45 Å². The Morgan fingerprint density at radius 1 is 0.846 bits per heavy atom. The van der Waals surface area contributed by atoms with Gasteiger partial charge in [-0.15, -0.1) is 0 Å². The number of hydrogen-bond donors (Lipinski definition) is 1. The molecule has 0 aliphatic heterocycles. The van der Waals surface area contributed by atoms with Gasteiger partial charge >= 0.3 is 0 Å². The van der Waals surface area contributed by atoms with E-state index in [4.69, 9.17) is 0 Å². The molecule has 0 atom stereocenters.